The van der Waals surface area contributed by atoms with Gasteiger partial charge >= 0.3 is 5.95 Å². The summed E-state index contributed by atoms with van der Waals surface area (Å²) >= 11 is 7.48. The van der Waals surface area contributed by atoms with E-state index in [1.807, 2.05) is 66.7 Å². The Morgan fingerprint density at radius 1 is 1.10 bits per heavy atom. The van der Waals surface area contributed by atoms with Crippen molar-refractivity contribution in [2.24, 2.45) is 5.73 Å². The zero-order valence-corrected chi connectivity index (χ0v) is 17.4. The number of nitrogens with one attached hydrogen (secondary N) is 3. The summed E-state index contributed by atoms with van der Waals surface area (Å²) in [5, 5.41) is 5.97. The van der Waals surface area contributed by atoms with Gasteiger partial charge in [-0.05, 0) is 35.7 Å². The largest absolute Gasteiger partial charge is 0.325 e. The van der Waals surface area contributed by atoms with Crippen LogP contribution in [0.5, 0.6) is 0 Å². The molecule has 4 rings (SSSR count). The monoisotopic (exact) mass is 436 g/mol. The van der Waals surface area contributed by atoms with Gasteiger partial charge in [0.15, 0.2) is 0 Å². The smallest absolute Gasteiger partial charge is 0.322 e. The van der Waals surface area contributed by atoms with Crippen molar-refractivity contribution in [3.05, 3.63) is 93.9 Å². The van der Waals surface area contributed by atoms with Gasteiger partial charge < -0.3 is 5.73 Å². The molecule has 150 valence electrons. The number of aromatic amines is 1. The van der Waals surface area contributed by atoms with Crippen molar-refractivity contribution in [3.63, 3.8) is 0 Å². The lowest BCUT2D eigenvalue weighted by molar-refractivity contribution is -0.365. The summed E-state index contributed by atoms with van der Waals surface area (Å²) in [6.07, 6.45) is 0. The number of nitrogens with zero attached hydrogens (tertiary/aromatic N) is 1. The molecule has 5 N–H and O–H groups in total. The van der Waals surface area contributed by atoms with Crippen molar-refractivity contribution in [3.8, 4) is 0 Å². The number of thioether (sulfide) groups is 1. The van der Waals surface area contributed by atoms with Gasteiger partial charge in [-0.25, -0.2) is 9.98 Å². The van der Waals surface area contributed by atoms with Crippen LogP contribution in [0.4, 0.5) is 11.6 Å². The first-order chi connectivity index (χ1) is 14.6. The predicted octanol–water partition coefficient (Wildman–Crippen LogP) is 3.01. The Hall–Kier alpha value is -3.29. The summed E-state index contributed by atoms with van der Waals surface area (Å²) in [6, 6.07) is 22.9. The SMILES string of the molecule is NC(Nc1cccc2ccccc12)=[NH+]c1nc(CSc2ccc(Cl)cc2)cc(=O)[nH]1. The molecule has 6 nitrogen and oxygen atoms in total. The third-order valence-electron chi connectivity index (χ3n) is 4.31. The van der Waals surface area contributed by atoms with Gasteiger partial charge in [0.05, 0.1) is 11.4 Å². The lowest BCUT2D eigenvalue weighted by Gasteiger charge is -2.06. The minimum absolute atomic E-state index is 0.253. The zero-order valence-electron chi connectivity index (χ0n) is 15.9. The van der Waals surface area contributed by atoms with Crippen LogP contribution in [0.3, 0.4) is 0 Å². The topological polar surface area (TPSA) is 97.8 Å². The average Bonchev–Trinajstić information content (AvgIpc) is 2.73. The molecule has 0 atom stereocenters. The molecule has 1 aromatic heterocycles. The van der Waals surface area contributed by atoms with Gasteiger partial charge in [0.25, 0.3) is 11.5 Å². The molecule has 0 fully saturated rings. The van der Waals surface area contributed by atoms with Crippen LogP contribution in [0.1, 0.15) is 5.69 Å². The number of aromatic nitrogens is 2. The van der Waals surface area contributed by atoms with Crippen LogP contribution < -0.4 is 21.6 Å². The van der Waals surface area contributed by atoms with E-state index in [0.717, 1.165) is 21.4 Å². The van der Waals surface area contributed by atoms with Crippen molar-refractivity contribution in [1.82, 2.24) is 9.97 Å². The van der Waals surface area contributed by atoms with Gasteiger partial charge in [-0.15, -0.1) is 16.7 Å². The molecule has 30 heavy (non-hydrogen) atoms. The Bertz CT molecular complexity index is 1270. The highest BCUT2D eigenvalue weighted by Gasteiger charge is 2.09. The summed E-state index contributed by atoms with van der Waals surface area (Å²) in [4.78, 5) is 23.1. The number of benzene rings is 3. The normalized spacial score (nSPS) is 11.6. The molecule has 0 aliphatic rings. The van der Waals surface area contributed by atoms with E-state index in [2.05, 4.69) is 20.3 Å². The summed E-state index contributed by atoms with van der Waals surface area (Å²) < 4.78 is 0. The molecule has 0 amide bonds. The second kappa shape index (κ2) is 9.02. The number of H-pyrrole nitrogens is 1. The number of hydrogen-bond acceptors (Lipinski definition) is 3. The van der Waals surface area contributed by atoms with Crippen molar-refractivity contribution < 1.29 is 4.99 Å². The van der Waals surface area contributed by atoms with Crippen molar-refractivity contribution in [1.29, 1.82) is 0 Å². The number of halogens is 1. The molecule has 0 spiro atoms. The van der Waals surface area contributed by atoms with Gasteiger partial charge in [-0.1, -0.05) is 48.0 Å². The number of guanidine groups is 1. The Morgan fingerprint density at radius 3 is 2.70 bits per heavy atom. The van der Waals surface area contributed by atoms with E-state index in [4.69, 9.17) is 17.3 Å². The minimum atomic E-state index is -0.253. The quantitative estimate of drug-likeness (QED) is 0.219. The molecule has 4 aromatic rings. The minimum Gasteiger partial charge on any atom is -0.322 e. The van der Waals surface area contributed by atoms with E-state index >= 15 is 0 Å². The first kappa shape index (κ1) is 20.0. The molecule has 0 saturated heterocycles. The number of rotatable bonds is 5. The van der Waals surface area contributed by atoms with E-state index in [-0.39, 0.29) is 17.5 Å². The third kappa shape index (κ3) is 5.00. The Kier molecular flexibility index (Phi) is 6.02. The van der Waals surface area contributed by atoms with Crippen LogP contribution >= 0.6 is 23.4 Å². The number of fused-ring (bicyclic) bond motifs is 1. The van der Waals surface area contributed by atoms with Crippen LogP contribution in [0.15, 0.2) is 82.5 Å². The molecular formula is C22H19ClN5OS+. The number of hydrogen-bond donors (Lipinski definition) is 4. The fourth-order valence-corrected chi connectivity index (χ4v) is 3.88. The van der Waals surface area contributed by atoms with Crippen molar-refractivity contribution >= 4 is 51.7 Å². The van der Waals surface area contributed by atoms with E-state index < -0.39 is 0 Å². The van der Waals surface area contributed by atoms with E-state index in [1.165, 1.54) is 6.07 Å². The number of nitrogens with two attached hydrogens (primary N) is 1. The van der Waals surface area contributed by atoms with Gasteiger partial charge in [-0.2, -0.15) is 0 Å². The van der Waals surface area contributed by atoms with E-state index in [0.29, 0.717) is 16.5 Å². The third-order valence-corrected chi connectivity index (χ3v) is 5.60. The summed E-state index contributed by atoms with van der Waals surface area (Å²) in [5.41, 5.74) is 7.36. The summed E-state index contributed by atoms with van der Waals surface area (Å²) in [5.74, 6) is 1.08. The van der Waals surface area contributed by atoms with Crippen LogP contribution in [-0.2, 0) is 5.75 Å². The molecule has 0 saturated carbocycles. The Labute approximate surface area is 182 Å². The molecular weight excluding hydrogens is 418 g/mol. The van der Waals surface area contributed by atoms with Gasteiger partial charge in [0.2, 0.25) is 0 Å². The molecule has 0 aliphatic heterocycles. The molecule has 8 heteroatoms. The molecule has 0 bridgehead atoms. The second-order valence-corrected chi connectivity index (χ2v) is 8.00. The lowest BCUT2D eigenvalue weighted by Crippen LogP contribution is -2.73. The molecule has 3 aromatic carbocycles. The molecule has 0 aliphatic carbocycles. The maximum atomic E-state index is 12.0. The van der Waals surface area contributed by atoms with Crippen LogP contribution in [0, 0.1) is 0 Å². The fourth-order valence-electron chi connectivity index (χ4n) is 2.97. The highest BCUT2D eigenvalue weighted by molar-refractivity contribution is 7.98. The maximum Gasteiger partial charge on any atom is 0.325 e. The van der Waals surface area contributed by atoms with E-state index in [9.17, 15) is 4.79 Å². The first-order valence-corrected chi connectivity index (χ1v) is 10.6. The molecule has 0 radical (unpaired) electrons. The lowest BCUT2D eigenvalue weighted by atomic mass is 10.1. The van der Waals surface area contributed by atoms with Gasteiger partial charge in [0.1, 0.15) is 5.69 Å². The van der Waals surface area contributed by atoms with Crippen molar-refractivity contribution in [2.75, 3.05) is 5.32 Å². The fraction of sp³-hybridized carbons (Fsp3) is 0.0455. The summed E-state index contributed by atoms with van der Waals surface area (Å²) in [7, 11) is 0. The number of anilines is 1. The Morgan fingerprint density at radius 2 is 1.87 bits per heavy atom. The first-order valence-electron chi connectivity index (χ1n) is 9.20. The van der Waals surface area contributed by atoms with Crippen LogP contribution in [0.2, 0.25) is 5.02 Å². The maximum absolute atomic E-state index is 12.0. The average molecular weight is 437 g/mol. The highest BCUT2D eigenvalue weighted by atomic mass is 35.5. The highest BCUT2D eigenvalue weighted by Crippen LogP contribution is 2.23. The molecule has 0 unspecified atom stereocenters. The van der Waals surface area contributed by atoms with Crippen LogP contribution in [0.25, 0.3) is 10.8 Å². The van der Waals surface area contributed by atoms with E-state index in [1.54, 1.807) is 11.8 Å². The Balaban J connectivity index is 1.52. The zero-order chi connectivity index (χ0) is 20.9. The standard InChI is InChI=1S/C22H18ClN5OS/c23-15-8-10-17(11-9-15)30-13-16-12-20(29)27-22(25-16)28-21(24)26-19-7-3-5-14-4-1-2-6-18(14)19/h1-12H,13H2,(H4,24,25,26,27,28,29)/p+1. The van der Waals surface area contributed by atoms with Gasteiger partial charge in [0, 0.05) is 21.4 Å². The van der Waals surface area contributed by atoms with Crippen molar-refractivity contribution in [2.45, 2.75) is 10.6 Å². The van der Waals surface area contributed by atoms with Crippen LogP contribution in [-0.4, -0.2) is 15.9 Å². The second-order valence-electron chi connectivity index (χ2n) is 6.52. The molecule has 1 heterocycles. The predicted molar refractivity (Wildman–Crippen MR) is 123 cm³/mol. The van der Waals surface area contributed by atoms with Gasteiger partial charge in [-0.3, -0.25) is 10.1 Å². The summed E-state index contributed by atoms with van der Waals surface area (Å²) in [6.45, 7) is 0.